The van der Waals surface area contributed by atoms with Gasteiger partial charge in [-0.05, 0) is 6.42 Å². The first kappa shape index (κ1) is 18.8. The fourth-order valence-corrected chi connectivity index (χ4v) is 2.15. The molecule has 0 saturated heterocycles. The summed E-state index contributed by atoms with van der Waals surface area (Å²) < 4.78 is 4.39. The Morgan fingerprint density at radius 3 is 1.37 bits per heavy atom. The number of hydrogen-bond donors (Lipinski definition) is 3. The molecule has 3 N–H and O–H groups in total. The normalized spacial score (nSPS) is 12.0. The second kappa shape index (κ2) is 12.9. The SMILES string of the molecule is CCCCCCCCCCCCCCOC(O)(O)O. The number of unbranched alkanes of at least 4 members (excludes halogenated alkanes) is 11. The maximum atomic E-state index is 8.48. The molecule has 0 rings (SSSR count). The molecule has 116 valence electrons. The molecule has 0 spiro atoms. The van der Waals surface area contributed by atoms with Gasteiger partial charge in [0.1, 0.15) is 0 Å². The van der Waals surface area contributed by atoms with Crippen molar-refractivity contribution in [3.8, 4) is 0 Å². The summed E-state index contributed by atoms with van der Waals surface area (Å²) in [5.74, 6) is 0. The largest absolute Gasteiger partial charge is 0.404 e. The van der Waals surface area contributed by atoms with Crippen molar-refractivity contribution in [3.05, 3.63) is 0 Å². The summed E-state index contributed by atoms with van der Waals surface area (Å²) in [6, 6.07) is 0. The fraction of sp³-hybridized carbons (Fsp3) is 1.00. The van der Waals surface area contributed by atoms with Crippen molar-refractivity contribution in [2.75, 3.05) is 6.61 Å². The third kappa shape index (κ3) is 17.8. The van der Waals surface area contributed by atoms with Gasteiger partial charge in [-0.1, -0.05) is 77.6 Å². The minimum atomic E-state index is -2.96. The summed E-state index contributed by atoms with van der Waals surface area (Å²) in [5.41, 5.74) is 0. The van der Waals surface area contributed by atoms with E-state index < -0.39 is 6.16 Å². The molecular formula is C15H32O4. The first-order valence-corrected chi connectivity index (χ1v) is 7.87. The third-order valence-electron chi connectivity index (χ3n) is 3.29. The molecule has 0 aliphatic heterocycles. The van der Waals surface area contributed by atoms with Crippen molar-refractivity contribution in [1.29, 1.82) is 0 Å². The van der Waals surface area contributed by atoms with E-state index in [0.717, 1.165) is 19.3 Å². The highest BCUT2D eigenvalue weighted by Gasteiger charge is 2.17. The van der Waals surface area contributed by atoms with E-state index in [1.54, 1.807) is 0 Å². The molecule has 4 nitrogen and oxygen atoms in total. The Kier molecular flexibility index (Phi) is 12.7. The zero-order valence-electron chi connectivity index (χ0n) is 12.4. The van der Waals surface area contributed by atoms with Crippen LogP contribution in [0.15, 0.2) is 0 Å². The molecule has 0 aromatic carbocycles. The summed E-state index contributed by atoms with van der Waals surface area (Å²) in [5, 5.41) is 25.5. The Labute approximate surface area is 117 Å². The lowest BCUT2D eigenvalue weighted by Crippen LogP contribution is -2.31. The number of ether oxygens (including phenoxy) is 1. The Bertz CT molecular complexity index is 177. The summed E-state index contributed by atoms with van der Waals surface area (Å²) in [7, 11) is 0. The lowest BCUT2D eigenvalue weighted by molar-refractivity contribution is -0.454. The molecule has 0 bridgehead atoms. The van der Waals surface area contributed by atoms with Crippen molar-refractivity contribution >= 4 is 0 Å². The topological polar surface area (TPSA) is 69.9 Å². The van der Waals surface area contributed by atoms with E-state index >= 15 is 0 Å². The van der Waals surface area contributed by atoms with E-state index in [-0.39, 0.29) is 6.61 Å². The van der Waals surface area contributed by atoms with Crippen LogP contribution in [0.4, 0.5) is 0 Å². The molecule has 4 heteroatoms. The average molecular weight is 276 g/mol. The fourth-order valence-electron chi connectivity index (χ4n) is 2.15. The summed E-state index contributed by atoms with van der Waals surface area (Å²) in [4.78, 5) is 0. The summed E-state index contributed by atoms with van der Waals surface area (Å²) in [6.07, 6.45) is 12.0. The molecule has 0 aromatic heterocycles. The molecule has 0 heterocycles. The molecule has 0 aromatic rings. The highest BCUT2D eigenvalue weighted by molar-refractivity contribution is 4.48. The molecule has 0 atom stereocenters. The van der Waals surface area contributed by atoms with Gasteiger partial charge in [0.25, 0.3) is 0 Å². The molecule has 0 aliphatic carbocycles. The second-order valence-corrected chi connectivity index (χ2v) is 5.31. The van der Waals surface area contributed by atoms with Crippen LogP contribution in [-0.2, 0) is 4.74 Å². The van der Waals surface area contributed by atoms with Gasteiger partial charge in [0.05, 0.1) is 6.61 Å². The van der Waals surface area contributed by atoms with Gasteiger partial charge < -0.3 is 20.1 Å². The van der Waals surface area contributed by atoms with Gasteiger partial charge >= 0.3 is 6.16 Å². The zero-order valence-corrected chi connectivity index (χ0v) is 12.4. The first-order valence-electron chi connectivity index (χ1n) is 7.87. The van der Waals surface area contributed by atoms with Crippen molar-refractivity contribution in [3.63, 3.8) is 0 Å². The van der Waals surface area contributed by atoms with Crippen molar-refractivity contribution in [2.45, 2.75) is 90.1 Å². The van der Waals surface area contributed by atoms with Gasteiger partial charge in [-0.15, -0.1) is 0 Å². The molecule has 0 saturated carbocycles. The van der Waals surface area contributed by atoms with Gasteiger partial charge in [-0.2, -0.15) is 0 Å². The van der Waals surface area contributed by atoms with Gasteiger partial charge in [0, 0.05) is 0 Å². The van der Waals surface area contributed by atoms with Crippen LogP contribution in [0.25, 0.3) is 0 Å². The molecular weight excluding hydrogens is 244 g/mol. The molecule has 0 radical (unpaired) electrons. The lowest BCUT2D eigenvalue weighted by Gasteiger charge is -2.13. The monoisotopic (exact) mass is 276 g/mol. The van der Waals surface area contributed by atoms with E-state index in [2.05, 4.69) is 11.7 Å². The van der Waals surface area contributed by atoms with Crippen LogP contribution in [-0.4, -0.2) is 28.1 Å². The lowest BCUT2D eigenvalue weighted by atomic mass is 10.1. The smallest absolute Gasteiger partial charge is 0.319 e. The van der Waals surface area contributed by atoms with E-state index in [1.807, 2.05) is 0 Å². The van der Waals surface area contributed by atoms with Crippen LogP contribution in [0, 0.1) is 0 Å². The second-order valence-electron chi connectivity index (χ2n) is 5.31. The minimum Gasteiger partial charge on any atom is -0.319 e. The summed E-state index contributed by atoms with van der Waals surface area (Å²) in [6.45, 7) is 2.42. The standard InChI is InChI=1S/C15H32O4/c1-2-3-4-5-6-7-8-9-10-11-12-13-14-19-15(16,17)18/h16-18H,2-14H2,1H3. The average Bonchev–Trinajstić information content (AvgIpc) is 2.34. The molecule has 0 amide bonds. The maximum absolute atomic E-state index is 8.48. The van der Waals surface area contributed by atoms with Gasteiger partial charge in [0.2, 0.25) is 0 Å². The van der Waals surface area contributed by atoms with E-state index in [9.17, 15) is 0 Å². The van der Waals surface area contributed by atoms with Gasteiger partial charge in [0.15, 0.2) is 0 Å². The predicted octanol–water partition coefficient (Wildman–Crippen LogP) is 3.29. The third-order valence-corrected chi connectivity index (χ3v) is 3.29. The van der Waals surface area contributed by atoms with Crippen LogP contribution in [0.5, 0.6) is 0 Å². The van der Waals surface area contributed by atoms with Gasteiger partial charge in [-0.3, -0.25) is 0 Å². The number of rotatable bonds is 14. The molecule has 0 unspecified atom stereocenters. The highest BCUT2D eigenvalue weighted by Crippen LogP contribution is 2.12. The summed E-state index contributed by atoms with van der Waals surface area (Å²) >= 11 is 0. The highest BCUT2D eigenvalue weighted by atomic mass is 16.9. The van der Waals surface area contributed by atoms with E-state index in [1.165, 1.54) is 57.8 Å². The first-order chi connectivity index (χ1) is 9.06. The maximum Gasteiger partial charge on any atom is 0.404 e. The Morgan fingerprint density at radius 1 is 0.632 bits per heavy atom. The Hall–Kier alpha value is -0.160. The molecule has 0 aliphatic rings. The van der Waals surface area contributed by atoms with Crippen molar-refractivity contribution in [1.82, 2.24) is 0 Å². The Balaban J connectivity index is 2.99. The van der Waals surface area contributed by atoms with E-state index in [4.69, 9.17) is 15.3 Å². The molecule has 19 heavy (non-hydrogen) atoms. The van der Waals surface area contributed by atoms with Gasteiger partial charge in [-0.25, -0.2) is 0 Å². The zero-order chi connectivity index (χ0) is 14.4. The number of hydrogen-bond acceptors (Lipinski definition) is 4. The molecule has 0 fully saturated rings. The van der Waals surface area contributed by atoms with Crippen LogP contribution in [0.1, 0.15) is 84.0 Å². The number of aliphatic hydroxyl groups is 3. The van der Waals surface area contributed by atoms with Crippen LogP contribution >= 0.6 is 0 Å². The van der Waals surface area contributed by atoms with E-state index in [0.29, 0.717) is 0 Å². The Morgan fingerprint density at radius 2 is 1.00 bits per heavy atom. The minimum absolute atomic E-state index is 0.181. The van der Waals surface area contributed by atoms with Crippen LogP contribution in [0.3, 0.4) is 0 Å². The van der Waals surface area contributed by atoms with Crippen molar-refractivity contribution in [2.24, 2.45) is 0 Å². The predicted molar refractivity (Wildman–Crippen MR) is 76.4 cm³/mol. The quantitative estimate of drug-likeness (QED) is 0.336. The van der Waals surface area contributed by atoms with Crippen LogP contribution < -0.4 is 0 Å². The van der Waals surface area contributed by atoms with Crippen LogP contribution in [0.2, 0.25) is 0 Å². The van der Waals surface area contributed by atoms with Crippen molar-refractivity contribution < 1.29 is 20.1 Å².